The first-order chi connectivity index (χ1) is 16.1. The molecule has 1 aromatic carbocycles. The first kappa shape index (κ1) is 19.4. The number of benzene rings is 1. The number of hydrogen-bond acceptors (Lipinski definition) is 7. The van der Waals surface area contributed by atoms with Crippen molar-refractivity contribution in [2.24, 2.45) is 0 Å². The Hall–Kier alpha value is -3.04. The van der Waals surface area contributed by atoms with Gasteiger partial charge in [0.15, 0.2) is 5.65 Å². The minimum absolute atomic E-state index is 0.0340. The van der Waals surface area contributed by atoms with Gasteiger partial charge in [-0.05, 0) is 61.9 Å². The van der Waals surface area contributed by atoms with Crippen LogP contribution < -0.4 is 16.2 Å². The van der Waals surface area contributed by atoms with Gasteiger partial charge in [-0.2, -0.15) is 4.98 Å². The lowest BCUT2D eigenvalue weighted by molar-refractivity contribution is 0.557. The number of nitrogens with one attached hydrogen (secondary N) is 2. The zero-order valence-electron chi connectivity index (χ0n) is 18.5. The van der Waals surface area contributed by atoms with Gasteiger partial charge in [0.1, 0.15) is 5.39 Å². The molecule has 2 N–H and O–H groups in total. The van der Waals surface area contributed by atoms with Crippen LogP contribution in [0.2, 0.25) is 0 Å². The second-order valence-corrected chi connectivity index (χ2v) is 10.6. The molecule has 3 aliphatic rings. The predicted octanol–water partition coefficient (Wildman–Crippen LogP) is 3.81. The number of thiazole rings is 1. The van der Waals surface area contributed by atoms with Crippen LogP contribution in [0.4, 0.5) is 11.6 Å². The molecule has 4 aromatic rings. The molecule has 0 spiro atoms. The van der Waals surface area contributed by atoms with Crippen molar-refractivity contribution in [3.8, 4) is 5.13 Å². The van der Waals surface area contributed by atoms with Crippen molar-refractivity contribution in [2.75, 3.05) is 11.9 Å². The number of rotatable bonds is 5. The predicted molar refractivity (Wildman–Crippen MR) is 129 cm³/mol. The van der Waals surface area contributed by atoms with E-state index >= 15 is 0 Å². The van der Waals surface area contributed by atoms with E-state index in [0.717, 1.165) is 48.9 Å². The van der Waals surface area contributed by atoms with Crippen LogP contribution >= 0.6 is 11.3 Å². The Morgan fingerprint density at radius 3 is 2.91 bits per heavy atom. The average Bonchev–Trinajstić information content (AvgIpc) is 3.74. The molecular formula is C24H25N7OS. The van der Waals surface area contributed by atoms with E-state index in [9.17, 15) is 4.79 Å². The summed E-state index contributed by atoms with van der Waals surface area (Å²) in [4.78, 5) is 27.5. The van der Waals surface area contributed by atoms with Gasteiger partial charge in [0, 0.05) is 29.2 Å². The molecule has 4 heterocycles. The minimum Gasteiger partial charge on any atom is -0.324 e. The molecule has 7 rings (SSSR count). The number of fused-ring (bicyclic) bond motifs is 2. The van der Waals surface area contributed by atoms with E-state index in [1.54, 1.807) is 17.5 Å². The molecule has 9 heteroatoms. The number of anilines is 2. The van der Waals surface area contributed by atoms with Crippen molar-refractivity contribution in [2.45, 2.75) is 57.0 Å². The van der Waals surface area contributed by atoms with Crippen LogP contribution in [0.5, 0.6) is 0 Å². The summed E-state index contributed by atoms with van der Waals surface area (Å²) in [7, 11) is 0. The van der Waals surface area contributed by atoms with E-state index < -0.39 is 0 Å². The quantitative estimate of drug-likeness (QED) is 0.472. The van der Waals surface area contributed by atoms with E-state index in [0.29, 0.717) is 17.0 Å². The molecule has 2 aliphatic carbocycles. The zero-order valence-corrected chi connectivity index (χ0v) is 19.3. The molecule has 1 aliphatic heterocycles. The molecule has 3 aromatic heterocycles. The normalized spacial score (nSPS) is 18.9. The van der Waals surface area contributed by atoms with Crippen molar-refractivity contribution in [1.82, 2.24) is 29.6 Å². The van der Waals surface area contributed by atoms with Crippen LogP contribution in [0.25, 0.3) is 16.2 Å². The van der Waals surface area contributed by atoms with Crippen molar-refractivity contribution in [3.63, 3.8) is 0 Å². The second-order valence-electron chi connectivity index (χ2n) is 9.73. The lowest BCUT2D eigenvalue weighted by atomic mass is 10.0. The molecule has 0 saturated heterocycles. The Morgan fingerprint density at radius 1 is 1.21 bits per heavy atom. The smallest absolute Gasteiger partial charge is 0.278 e. The van der Waals surface area contributed by atoms with E-state index in [1.165, 1.54) is 24.0 Å². The Balaban J connectivity index is 1.32. The minimum atomic E-state index is -0.0340. The fourth-order valence-electron chi connectivity index (χ4n) is 4.66. The Labute approximate surface area is 194 Å². The van der Waals surface area contributed by atoms with Crippen LogP contribution in [-0.2, 0) is 18.4 Å². The average molecular weight is 460 g/mol. The van der Waals surface area contributed by atoms with Crippen LogP contribution in [-0.4, -0.2) is 30.9 Å². The van der Waals surface area contributed by atoms with Gasteiger partial charge in [-0.25, -0.2) is 19.3 Å². The zero-order chi connectivity index (χ0) is 22.2. The lowest BCUT2D eigenvalue weighted by Gasteiger charge is -2.18. The van der Waals surface area contributed by atoms with Crippen LogP contribution in [0.3, 0.4) is 0 Å². The Kier molecular flexibility index (Phi) is 4.11. The number of hydrogen-bond donors (Lipinski definition) is 2. The molecule has 33 heavy (non-hydrogen) atoms. The standard InChI is InChI=1S/C24H25N7OS/c1-24(7-8-24)19-13-33-23(28-19)31-20-18(21(32)30(31)17-4-5-17)12-26-22(29-20)27-16-3-2-14-6-9-25-11-15(14)10-16/h2-3,10,12-13,17,25H,4-9,11H2,1H3,(H,26,27,29). The molecule has 168 valence electrons. The van der Waals surface area contributed by atoms with Crippen LogP contribution in [0, 0.1) is 0 Å². The van der Waals surface area contributed by atoms with Crippen molar-refractivity contribution in [1.29, 1.82) is 0 Å². The van der Waals surface area contributed by atoms with Crippen molar-refractivity contribution >= 4 is 34.0 Å². The molecule has 0 amide bonds. The fraction of sp³-hybridized carbons (Fsp3) is 0.417. The molecule has 0 bridgehead atoms. The van der Waals surface area contributed by atoms with Gasteiger partial charge >= 0.3 is 0 Å². The number of aromatic nitrogens is 5. The molecular weight excluding hydrogens is 434 g/mol. The highest BCUT2D eigenvalue weighted by molar-refractivity contribution is 7.12. The molecule has 8 nitrogen and oxygen atoms in total. The van der Waals surface area contributed by atoms with E-state index in [1.807, 2.05) is 9.36 Å². The monoisotopic (exact) mass is 459 g/mol. The first-order valence-electron chi connectivity index (χ1n) is 11.7. The topological polar surface area (TPSA) is 89.7 Å². The highest BCUT2D eigenvalue weighted by atomic mass is 32.1. The highest BCUT2D eigenvalue weighted by Gasteiger charge is 2.41. The SMILES string of the molecule is CC1(c2csc(-n3c4nc(Nc5ccc6c(c5)CNCC6)ncc4c(=O)n3C3CC3)n2)CC1. The van der Waals surface area contributed by atoms with E-state index in [2.05, 4.69) is 46.1 Å². The third-order valence-corrected chi connectivity index (χ3v) is 7.97. The molecule has 2 fully saturated rings. The summed E-state index contributed by atoms with van der Waals surface area (Å²) in [6.45, 7) is 4.15. The third kappa shape index (κ3) is 3.21. The van der Waals surface area contributed by atoms with Gasteiger partial charge in [0.25, 0.3) is 5.56 Å². The molecule has 0 radical (unpaired) electrons. The largest absolute Gasteiger partial charge is 0.324 e. The summed E-state index contributed by atoms with van der Waals surface area (Å²) in [5.74, 6) is 0.485. The summed E-state index contributed by atoms with van der Waals surface area (Å²) >= 11 is 1.59. The van der Waals surface area contributed by atoms with Gasteiger partial charge in [-0.3, -0.25) is 4.79 Å². The van der Waals surface area contributed by atoms with Crippen LogP contribution in [0.15, 0.2) is 34.6 Å². The summed E-state index contributed by atoms with van der Waals surface area (Å²) in [5, 5.41) is 10.2. The van der Waals surface area contributed by atoms with Gasteiger partial charge in [0.05, 0.1) is 11.7 Å². The van der Waals surface area contributed by atoms with E-state index in [4.69, 9.17) is 9.97 Å². The maximum absolute atomic E-state index is 13.3. The maximum atomic E-state index is 13.3. The summed E-state index contributed by atoms with van der Waals surface area (Å²) in [6.07, 6.45) is 7.06. The Bertz CT molecular complexity index is 1460. The maximum Gasteiger partial charge on any atom is 0.278 e. The Morgan fingerprint density at radius 2 is 2.09 bits per heavy atom. The molecule has 0 unspecified atom stereocenters. The van der Waals surface area contributed by atoms with Crippen LogP contribution in [0.1, 0.15) is 55.5 Å². The third-order valence-electron chi connectivity index (χ3n) is 7.16. The summed E-state index contributed by atoms with van der Waals surface area (Å²) < 4.78 is 3.77. The summed E-state index contributed by atoms with van der Waals surface area (Å²) in [6, 6.07) is 6.61. The highest BCUT2D eigenvalue weighted by Crippen LogP contribution is 2.48. The van der Waals surface area contributed by atoms with Crippen molar-refractivity contribution in [3.05, 3.63) is 57.0 Å². The number of nitrogens with zero attached hydrogens (tertiary/aromatic N) is 5. The van der Waals surface area contributed by atoms with Crippen molar-refractivity contribution < 1.29 is 0 Å². The van der Waals surface area contributed by atoms with Gasteiger partial charge in [0.2, 0.25) is 11.1 Å². The molecule has 2 saturated carbocycles. The lowest BCUT2D eigenvalue weighted by Crippen LogP contribution is -2.23. The van der Waals surface area contributed by atoms with E-state index in [-0.39, 0.29) is 17.0 Å². The first-order valence-corrected chi connectivity index (χ1v) is 12.5. The van der Waals surface area contributed by atoms with Gasteiger partial charge in [-0.1, -0.05) is 13.0 Å². The van der Waals surface area contributed by atoms with Gasteiger partial charge in [-0.15, -0.1) is 11.3 Å². The fourth-order valence-corrected chi connectivity index (χ4v) is 5.64. The van der Waals surface area contributed by atoms with Gasteiger partial charge < -0.3 is 10.6 Å². The summed E-state index contributed by atoms with van der Waals surface area (Å²) in [5.41, 5.74) is 5.52. The molecule has 0 atom stereocenters. The second kappa shape index (κ2) is 6.98.